The van der Waals surface area contributed by atoms with E-state index in [4.69, 9.17) is 0 Å². The molecule has 16 heavy (non-hydrogen) atoms. The molecule has 0 aromatic heterocycles. The predicted octanol–water partition coefficient (Wildman–Crippen LogP) is 3.37. The minimum atomic E-state index is -0.384. The Bertz CT molecular complexity index is 518. The lowest BCUT2D eigenvalue weighted by atomic mass is 9.99. The molecule has 2 aromatic carbocycles. The van der Waals surface area contributed by atoms with Gasteiger partial charge in [0.05, 0.1) is 0 Å². The number of halogens is 1. The van der Waals surface area contributed by atoms with Crippen LogP contribution in [-0.2, 0) is 0 Å². The zero-order chi connectivity index (χ0) is 11.5. The van der Waals surface area contributed by atoms with Crippen molar-refractivity contribution >= 4 is 5.78 Å². The Morgan fingerprint density at radius 3 is 2.44 bits per heavy atom. The fourth-order valence-corrected chi connectivity index (χ4v) is 1.58. The first-order chi connectivity index (χ1) is 7.68. The van der Waals surface area contributed by atoms with E-state index in [0.717, 1.165) is 5.56 Å². The number of carbonyl (C=O) groups excluding carboxylic acids is 1. The maximum atomic E-state index is 13.1. The Labute approximate surface area is 93.5 Å². The third-order valence-electron chi connectivity index (χ3n) is 2.48. The van der Waals surface area contributed by atoms with E-state index >= 15 is 0 Å². The summed E-state index contributed by atoms with van der Waals surface area (Å²) < 4.78 is 13.1. The van der Waals surface area contributed by atoms with Crippen LogP contribution in [0.3, 0.4) is 0 Å². The second-order valence-corrected chi connectivity index (χ2v) is 3.65. The normalized spacial score (nSPS) is 10.1. The van der Waals surface area contributed by atoms with Gasteiger partial charge < -0.3 is 0 Å². The summed E-state index contributed by atoms with van der Waals surface area (Å²) in [6.45, 7) is 1.80. The number of rotatable bonds is 2. The highest BCUT2D eigenvalue weighted by atomic mass is 19.1. The van der Waals surface area contributed by atoms with Crippen LogP contribution < -0.4 is 0 Å². The van der Waals surface area contributed by atoms with E-state index in [1.165, 1.54) is 12.1 Å². The summed E-state index contributed by atoms with van der Waals surface area (Å²) in [6, 6.07) is 13.1. The van der Waals surface area contributed by atoms with Crippen LogP contribution in [0.1, 0.15) is 21.5 Å². The minimum Gasteiger partial charge on any atom is -0.289 e. The molecule has 2 aromatic rings. The van der Waals surface area contributed by atoms with Gasteiger partial charge in [-0.05, 0) is 24.6 Å². The van der Waals surface area contributed by atoms with Crippen LogP contribution in [0.4, 0.5) is 4.39 Å². The molecule has 1 nitrogen and oxygen atoms in total. The van der Waals surface area contributed by atoms with Crippen LogP contribution in [0.5, 0.6) is 0 Å². The summed E-state index contributed by atoms with van der Waals surface area (Å²) in [5.74, 6) is -0.525. The maximum absolute atomic E-state index is 13.1. The number of hydrogen-bond acceptors (Lipinski definition) is 1. The first-order valence-corrected chi connectivity index (χ1v) is 5.04. The van der Waals surface area contributed by atoms with Gasteiger partial charge in [-0.15, -0.1) is 0 Å². The molecule has 0 saturated heterocycles. The molecule has 80 valence electrons. The fraction of sp³-hybridized carbons (Fsp3) is 0.0714. The quantitative estimate of drug-likeness (QED) is 0.700. The van der Waals surface area contributed by atoms with Crippen molar-refractivity contribution in [2.75, 3.05) is 0 Å². The SMILES string of the molecule is Cc1ccc(F)cc1C(=O)c1ccccc1. The Balaban J connectivity index is 2.46. The number of hydrogen-bond donors (Lipinski definition) is 0. The molecular formula is C14H11FO. The van der Waals surface area contributed by atoms with Crippen LogP contribution in [0.25, 0.3) is 0 Å². The summed E-state index contributed by atoms with van der Waals surface area (Å²) in [5.41, 5.74) is 1.79. The number of carbonyl (C=O) groups is 1. The summed E-state index contributed by atoms with van der Waals surface area (Å²) >= 11 is 0. The molecule has 0 heterocycles. The highest BCUT2D eigenvalue weighted by Crippen LogP contribution is 2.15. The van der Waals surface area contributed by atoms with Gasteiger partial charge >= 0.3 is 0 Å². The third-order valence-corrected chi connectivity index (χ3v) is 2.48. The summed E-state index contributed by atoms with van der Waals surface area (Å²) in [5, 5.41) is 0. The zero-order valence-corrected chi connectivity index (χ0v) is 8.91. The van der Waals surface area contributed by atoms with Gasteiger partial charge in [0, 0.05) is 11.1 Å². The second kappa shape index (κ2) is 4.27. The number of aryl methyl sites for hydroxylation is 1. The maximum Gasteiger partial charge on any atom is 0.193 e. The lowest BCUT2D eigenvalue weighted by molar-refractivity contribution is 0.103. The highest BCUT2D eigenvalue weighted by Gasteiger charge is 2.11. The lowest BCUT2D eigenvalue weighted by Gasteiger charge is -2.04. The Morgan fingerprint density at radius 1 is 1.06 bits per heavy atom. The van der Waals surface area contributed by atoms with E-state index in [2.05, 4.69) is 0 Å². The summed E-state index contributed by atoms with van der Waals surface area (Å²) in [4.78, 5) is 12.1. The Hall–Kier alpha value is -1.96. The van der Waals surface area contributed by atoms with E-state index < -0.39 is 0 Å². The van der Waals surface area contributed by atoms with Crippen molar-refractivity contribution in [3.63, 3.8) is 0 Å². The molecule has 0 aliphatic rings. The van der Waals surface area contributed by atoms with Crippen molar-refractivity contribution in [3.8, 4) is 0 Å². The molecule has 2 rings (SSSR count). The van der Waals surface area contributed by atoms with Gasteiger partial charge in [0.25, 0.3) is 0 Å². The van der Waals surface area contributed by atoms with Crippen LogP contribution in [-0.4, -0.2) is 5.78 Å². The van der Waals surface area contributed by atoms with Gasteiger partial charge in [-0.3, -0.25) is 4.79 Å². The topological polar surface area (TPSA) is 17.1 Å². The molecule has 0 saturated carbocycles. The van der Waals surface area contributed by atoms with Crippen LogP contribution in [0.15, 0.2) is 48.5 Å². The van der Waals surface area contributed by atoms with Crippen molar-refractivity contribution < 1.29 is 9.18 Å². The van der Waals surface area contributed by atoms with E-state index in [9.17, 15) is 9.18 Å². The molecule has 0 bridgehead atoms. The molecule has 2 heteroatoms. The molecule has 0 fully saturated rings. The highest BCUT2D eigenvalue weighted by molar-refractivity contribution is 6.09. The van der Waals surface area contributed by atoms with E-state index in [0.29, 0.717) is 11.1 Å². The van der Waals surface area contributed by atoms with Gasteiger partial charge in [0.1, 0.15) is 5.82 Å². The summed E-state index contributed by atoms with van der Waals surface area (Å²) in [7, 11) is 0. The average Bonchev–Trinajstić information content (AvgIpc) is 2.32. The molecule has 0 aliphatic carbocycles. The van der Waals surface area contributed by atoms with Crippen molar-refractivity contribution in [1.82, 2.24) is 0 Å². The number of ketones is 1. The Morgan fingerprint density at radius 2 is 1.75 bits per heavy atom. The largest absolute Gasteiger partial charge is 0.289 e. The molecule has 0 radical (unpaired) electrons. The van der Waals surface area contributed by atoms with E-state index in [-0.39, 0.29) is 11.6 Å². The first-order valence-electron chi connectivity index (χ1n) is 5.04. The smallest absolute Gasteiger partial charge is 0.193 e. The zero-order valence-electron chi connectivity index (χ0n) is 8.91. The molecule has 0 amide bonds. The minimum absolute atomic E-state index is 0.141. The molecule has 0 aliphatic heterocycles. The standard InChI is InChI=1S/C14H11FO/c1-10-7-8-12(15)9-13(10)14(16)11-5-3-2-4-6-11/h2-9H,1H3. The molecule has 0 N–H and O–H groups in total. The first kappa shape index (κ1) is 10.6. The fourth-order valence-electron chi connectivity index (χ4n) is 1.58. The molecule has 0 unspecified atom stereocenters. The Kier molecular flexibility index (Phi) is 2.82. The van der Waals surface area contributed by atoms with E-state index in [1.54, 1.807) is 37.3 Å². The van der Waals surface area contributed by atoms with Crippen LogP contribution >= 0.6 is 0 Å². The number of benzene rings is 2. The molecule has 0 spiro atoms. The van der Waals surface area contributed by atoms with Gasteiger partial charge in [-0.2, -0.15) is 0 Å². The van der Waals surface area contributed by atoms with Gasteiger partial charge in [-0.25, -0.2) is 4.39 Å². The van der Waals surface area contributed by atoms with Crippen molar-refractivity contribution in [3.05, 3.63) is 71.0 Å². The van der Waals surface area contributed by atoms with Crippen molar-refractivity contribution in [2.24, 2.45) is 0 Å². The van der Waals surface area contributed by atoms with Crippen LogP contribution in [0.2, 0.25) is 0 Å². The monoisotopic (exact) mass is 214 g/mol. The molecular weight excluding hydrogens is 203 g/mol. The predicted molar refractivity (Wildman–Crippen MR) is 61.0 cm³/mol. The van der Waals surface area contributed by atoms with Gasteiger partial charge in [-0.1, -0.05) is 36.4 Å². The van der Waals surface area contributed by atoms with Crippen LogP contribution in [0, 0.1) is 12.7 Å². The van der Waals surface area contributed by atoms with Crippen molar-refractivity contribution in [1.29, 1.82) is 0 Å². The lowest BCUT2D eigenvalue weighted by Crippen LogP contribution is -2.03. The van der Waals surface area contributed by atoms with Gasteiger partial charge in [0.15, 0.2) is 5.78 Å². The second-order valence-electron chi connectivity index (χ2n) is 3.65. The van der Waals surface area contributed by atoms with Gasteiger partial charge in [0.2, 0.25) is 0 Å². The van der Waals surface area contributed by atoms with E-state index in [1.807, 2.05) is 6.07 Å². The average molecular weight is 214 g/mol. The third kappa shape index (κ3) is 2.01. The molecule has 0 atom stereocenters. The summed E-state index contributed by atoms with van der Waals surface area (Å²) in [6.07, 6.45) is 0. The van der Waals surface area contributed by atoms with Crippen molar-refractivity contribution in [2.45, 2.75) is 6.92 Å².